The number of hydrogen-bond donors (Lipinski definition) is 1. The largest absolute Gasteiger partial charge is 0.497 e. The molecule has 3 nitrogen and oxygen atoms in total. The Labute approximate surface area is 142 Å². The summed E-state index contributed by atoms with van der Waals surface area (Å²) in [7, 11) is 1.68. The number of benzene rings is 3. The normalized spacial score (nSPS) is 16.3. The second-order valence-corrected chi connectivity index (χ2v) is 6.16. The molecule has 3 aromatic rings. The van der Waals surface area contributed by atoms with Crippen molar-refractivity contribution < 1.29 is 9.47 Å². The minimum Gasteiger partial charge on any atom is -0.497 e. The van der Waals surface area contributed by atoms with Gasteiger partial charge >= 0.3 is 0 Å². The summed E-state index contributed by atoms with van der Waals surface area (Å²) in [5, 5.41) is 5.91. The lowest BCUT2D eigenvalue weighted by Gasteiger charge is -2.27. The Morgan fingerprint density at radius 3 is 2.71 bits per heavy atom. The van der Waals surface area contributed by atoms with Gasteiger partial charge in [-0.25, -0.2) is 0 Å². The van der Waals surface area contributed by atoms with Crippen molar-refractivity contribution >= 4 is 16.5 Å². The molecule has 1 aliphatic heterocycles. The van der Waals surface area contributed by atoms with Crippen LogP contribution in [0.3, 0.4) is 0 Å². The van der Waals surface area contributed by atoms with Crippen LogP contribution in [0.2, 0.25) is 0 Å². The van der Waals surface area contributed by atoms with Gasteiger partial charge in [0.1, 0.15) is 17.6 Å². The van der Waals surface area contributed by atoms with Crippen LogP contribution in [0.25, 0.3) is 10.8 Å². The fourth-order valence-electron chi connectivity index (χ4n) is 3.25. The molecule has 0 bridgehead atoms. The van der Waals surface area contributed by atoms with Crippen LogP contribution >= 0.6 is 0 Å². The maximum absolute atomic E-state index is 6.32. The second-order valence-electron chi connectivity index (χ2n) is 6.16. The quantitative estimate of drug-likeness (QED) is 0.759. The standard InChI is InChI=1S/C21H21NO2/c1-23-18-12-9-17(10-13-18)22-14-19-11-8-16-7-6-15-4-2-3-5-20(15)21(16)24-19/h2-7,9-10,12-13,19,22H,8,11,14H2,1H3. The third-order valence-electron chi connectivity index (χ3n) is 4.61. The molecule has 0 aliphatic carbocycles. The maximum Gasteiger partial charge on any atom is 0.130 e. The first-order chi connectivity index (χ1) is 11.8. The Bertz CT molecular complexity index is 842. The van der Waals surface area contributed by atoms with Gasteiger partial charge in [0.05, 0.1) is 13.7 Å². The van der Waals surface area contributed by atoms with E-state index in [-0.39, 0.29) is 6.10 Å². The number of methoxy groups -OCH3 is 1. The molecule has 3 aromatic carbocycles. The Morgan fingerprint density at radius 1 is 1.04 bits per heavy atom. The molecule has 1 atom stereocenters. The highest BCUT2D eigenvalue weighted by Crippen LogP contribution is 2.35. The zero-order chi connectivity index (χ0) is 16.4. The van der Waals surface area contributed by atoms with E-state index >= 15 is 0 Å². The highest BCUT2D eigenvalue weighted by molar-refractivity contribution is 5.89. The molecule has 0 saturated carbocycles. The number of aryl methyl sites for hydroxylation is 1. The zero-order valence-electron chi connectivity index (χ0n) is 13.8. The predicted molar refractivity (Wildman–Crippen MR) is 98.2 cm³/mol. The minimum absolute atomic E-state index is 0.186. The molecule has 3 heteroatoms. The average Bonchev–Trinajstić information content (AvgIpc) is 2.66. The van der Waals surface area contributed by atoms with E-state index in [1.54, 1.807) is 7.11 Å². The SMILES string of the molecule is COc1ccc(NCC2CCc3ccc4ccccc4c3O2)cc1. The summed E-state index contributed by atoms with van der Waals surface area (Å²) in [4.78, 5) is 0. The van der Waals surface area contributed by atoms with Crippen molar-refractivity contribution in [1.82, 2.24) is 0 Å². The van der Waals surface area contributed by atoms with Crippen molar-refractivity contribution in [3.63, 3.8) is 0 Å². The summed E-state index contributed by atoms with van der Waals surface area (Å²) >= 11 is 0. The fraction of sp³-hybridized carbons (Fsp3) is 0.238. The third-order valence-corrected chi connectivity index (χ3v) is 4.61. The molecule has 0 fully saturated rings. The first-order valence-electron chi connectivity index (χ1n) is 8.39. The minimum atomic E-state index is 0.186. The monoisotopic (exact) mass is 319 g/mol. The highest BCUT2D eigenvalue weighted by Gasteiger charge is 2.21. The summed E-state index contributed by atoms with van der Waals surface area (Å²) in [5.74, 6) is 1.93. The van der Waals surface area contributed by atoms with Crippen molar-refractivity contribution in [3.05, 3.63) is 66.2 Å². The number of nitrogens with one attached hydrogen (secondary N) is 1. The topological polar surface area (TPSA) is 30.5 Å². The lowest BCUT2D eigenvalue weighted by molar-refractivity contribution is 0.188. The molecular formula is C21H21NO2. The van der Waals surface area contributed by atoms with Crippen LogP contribution in [-0.4, -0.2) is 19.8 Å². The molecular weight excluding hydrogens is 298 g/mol. The van der Waals surface area contributed by atoms with Crippen molar-refractivity contribution in [2.75, 3.05) is 19.0 Å². The van der Waals surface area contributed by atoms with Crippen LogP contribution in [0, 0.1) is 0 Å². The van der Waals surface area contributed by atoms with Crippen molar-refractivity contribution in [1.29, 1.82) is 0 Å². The molecule has 4 rings (SSSR count). The zero-order valence-corrected chi connectivity index (χ0v) is 13.8. The van der Waals surface area contributed by atoms with Gasteiger partial charge in [0, 0.05) is 11.1 Å². The Kier molecular flexibility index (Phi) is 3.99. The molecule has 0 amide bonds. The molecule has 0 aromatic heterocycles. The molecule has 1 heterocycles. The van der Waals surface area contributed by atoms with Gasteiger partial charge in [-0.3, -0.25) is 0 Å². The average molecular weight is 319 g/mol. The van der Waals surface area contributed by atoms with E-state index in [1.807, 2.05) is 24.3 Å². The van der Waals surface area contributed by atoms with Crippen LogP contribution in [0.15, 0.2) is 60.7 Å². The third kappa shape index (κ3) is 2.90. The highest BCUT2D eigenvalue weighted by atomic mass is 16.5. The fourth-order valence-corrected chi connectivity index (χ4v) is 3.25. The van der Waals surface area contributed by atoms with Gasteiger partial charge in [-0.15, -0.1) is 0 Å². The molecule has 1 N–H and O–H groups in total. The molecule has 1 unspecified atom stereocenters. The summed E-state index contributed by atoms with van der Waals surface area (Å²) in [6.45, 7) is 0.801. The molecule has 0 saturated heterocycles. The molecule has 0 spiro atoms. The summed E-state index contributed by atoms with van der Waals surface area (Å²) in [5.41, 5.74) is 2.40. The van der Waals surface area contributed by atoms with Gasteiger partial charge in [-0.2, -0.15) is 0 Å². The second kappa shape index (κ2) is 6.44. The lowest BCUT2D eigenvalue weighted by atomic mass is 9.97. The number of fused-ring (bicyclic) bond motifs is 3. The van der Waals surface area contributed by atoms with E-state index in [9.17, 15) is 0 Å². The first-order valence-corrected chi connectivity index (χ1v) is 8.39. The van der Waals surface area contributed by atoms with Crippen molar-refractivity contribution in [2.24, 2.45) is 0 Å². The molecule has 1 aliphatic rings. The van der Waals surface area contributed by atoms with E-state index in [4.69, 9.17) is 9.47 Å². The van der Waals surface area contributed by atoms with Crippen LogP contribution in [0.1, 0.15) is 12.0 Å². The van der Waals surface area contributed by atoms with Crippen LogP contribution < -0.4 is 14.8 Å². The first kappa shape index (κ1) is 14.9. The van der Waals surface area contributed by atoms with E-state index in [0.29, 0.717) is 0 Å². The van der Waals surface area contributed by atoms with E-state index in [2.05, 4.69) is 41.7 Å². The van der Waals surface area contributed by atoms with Gasteiger partial charge in [0.25, 0.3) is 0 Å². The summed E-state index contributed by atoms with van der Waals surface area (Å²) in [6, 6.07) is 20.8. The van der Waals surface area contributed by atoms with Crippen molar-refractivity contribution in [3.8, 4) is 11.5 Å². The van der Waals surface area contributed by atoms with Crippen molar-refractivity contribution in [2.45, 2.75) is 18.9 Å². The molecule has 122 valence electrons. The Balaban J connectivity index is 1.48. The number of ether oxygens (including phenoxy) is 2. The number of hydrogen-bond acceptors (Lipinski definition) is 3. The summed E-state index contributed by atoms with van der Waals surface area (Å²) in [6.07, 6.45) is 2.29. The predicted octanol–water partition coefficient (Wildman–Crippen LogP) is 4.65. The van der Waals surface area contributed by atoms with E-state index < -0.39 is 0 Å². The maximum atomic E-state index is 6.32. The van der Waals surface area contributed by atoms with Gasteiger partial charge in [-0.1, -0.05) is 36.4 Å². The summed E-state index contributed by atoms with van der Waals surface area (Å²) < 4.78 is 11.5. The number of rotatable bonds is 4. The molecule has 24 heavy (non-hydrogen) atoms. The number of anilines is 1. The van der Waals surface area contributed by atoms with Crippen LogP contribution in [0.4, 0.5) is 5.69 Å². The van der Waals surface area contributed by atoms with Gasteiger partial charge < -0.3 is 14.8 Å². The van der Waals surface area contributed by atoms with E-state index in [0.717, 1.165) is 36.6 Å². The van der Waals surface area contributed by atoms with Gasteiger partial charge in [0.2, 0.25) is 0 Å². The van der Waals surface area contributed by atoms with Gasteiger partial charge in [0.15, 0.2) is 0 Å². The van der Waals surface area contributed by atoms with Gasteiger partial charge in [-0.05, 0) is 48.1 Å². The van der Waals surface area contributed by atoms with Crippen LogP contribution in [-0.2, 0) is 6.42 Å². The molecule has 0 radical (unpaired) electrons. The lowest BCUT2D eigenvalue weighted by Crippen LogP contribution is -2.30. The van der Waals surface area contributed by atoms with Crippen LogP contribution in [0.5, 0.6) is 11.5 Å². The van der Waals surface area contributed by atoms with E-state index in [1.165, 1.54) is 16.3 Å². The smallest absolute Gasteiger partial charge is 0.130 e. The Morgan fingerprint density at radius 2 is 1.88 bits per heavy atom. The Hall–Kier alpha value is -2.68.